The van der Waals surface area contributed by atoms with Crippen molar-refractivity contribution < 1.29 is 4.74 Å². The molecule has 0 bridgehead atoms. The molecule has 0 radical (unpaired) electrons. The lowest BCUT2D eigenvalue weighted by Crippen LogP contribution is -2.39. The van der Waals surface area contributed by atoms with Gasteiger partial charge < -0.3 is 19.5 Å². The monoisotopic (exact) mass is 365 g/mol. The summed E-state index contributed by atoms with van der Waals surface area (Å²) in [6.45, 7) is 4.43. The zero-order valence-electron chi connectivity index (χ0n) is 16.4. The summed E-state index contributed by atoms with van der Waals surface area (Å²) in [4.78, 5) is 11.1. The number of aromatic nitrogens is 2. The van der Waals surface area contributed by atoms with Gasteiger partial charge in [0.1, 0.15) is 11.6 Å². The van der Waals surface area contributed by atoms with Crippen molar-refractivity contribution in [2.45, 2.75) is 20.0 Å². The molecule has 0 aliphatic carbocycles. The van der Waals surface area contributed by atoms with Crippen LogP contribution in [0.2, 0.25) is 0 Å². The topological polar surface area (TPSA) is 54.7 Å². The zero-order valence-corrected chi connectivity index (χ0v) is 16.4. The fourth-order valence-corrected chi connectivity index (χ4v) is 3.22. The van der Waals surface area contributed by atoms with Crippen molar-refractivity contribution in [2.75, 3.05) is 27.7 Å². The van der Waals surface area contributed by atoms with E-state index in [0.717, 1.165) is 42.7 Å². The number of ether oxygens (including phenoxy) is 1. The van der Waals surface area contributed by atoms with Crippen LogP contribution in [-0.4, -0.2) is 48.2 Å². The number of benzene rings is 2. The lowest BCUT2D eigenvalue weighted by atomic mass is 10.2. The second-order valence-electron chi connectivity index (χ2n) is 6.48. The van der Waals surface area contributed by atoms with E-state index in [0.29, 0.717) is 0 Å². The molecule has 1 heterocycles. The number of guanidine groups is 1. The average Bonchev–Trinajstić information content (AvgIpc) is 3.01. The number of aliphatic imine (C=N–C) groups is 1. The van der Waals surface area contributed by atoms with Crippen LogP contribution in [0.15, 0.2) is 53.5 Å². The smallest absolute Gasteiger partial charge is 0.193 e. The largest absolute Gasteiger partial charge is 0.497 e. The molecule has 0 aliphatic rings. The maximum absolute atomic E-state index is 5.21. The standard InChI is InChI=1S/C21H27N5O/c1-16-24-19-7-5-6-8-20(19)26(16)14-13-23-21(22-2)25(3)15-17-9-11-18(27-4)12-10-17/h5-12H,13-15H2,1-4H3,(H,22,23). The molecule has 0 aliphatic heterocycles. The fraction of sp³-hybridized carbons (Fsp3) is 0.333. The third-order valence-corrected chi connectivity index (χ3v) is 4.62. The van der Waals surface area contributed by atoms with Crippen LogP contribution in [0, 0.1) is 6.92 Å². The van der Waals surface area contributed by atoms with E-state index in [9.17, 15) is 0 Å². The molecule has 0 saturated carbocycles. The van der Waals surface area contributed by atoms with Crippen molar-refractivity contribution >= 4 is 17.0 Å². The number of fused-ring (bicyclic) bond motifs is 1. The third kappa shape index (κ3) is 4.39. The van der Waals surface area contributed by atoms with Crippen molar-refractivity contribution in [3.63, 3.8) is 0 Å². The maximum Gasteiger partial charge on any atom is 0.193 e. The van der Waals surface area contributed by atoms with Gasteiger partial charge in [-0.25, -0.2) is 4.98 Å². The van der Waals surface area contributed by atoms with Gasteiger partial charge in [0, 0.05) is 33.7 Å². The molecular formula is C21H27N5O. The second-order valence-corrected chi connectivity index (χ2v) is 6.48. The molecule has 0 amide bonds. The van der Waals surface area contributed by atoms with Crippen LogP contribution in [0.5, 0.6) is 5.75 Å². The van der Waals surface area contributed by atoms with Crippen LogP contribution in [0.3, 0.4) is 0 Å². The predicted molar refractivity (Wildman–Crippen MR) is 110 cm³/mol. The third-order valence-electron chi connectivity index (χ3n) is 4.62. The van der Waals surface area contributed by atoms with Gasteiger partial charge in [0.05, 0.1) is 18.1 Å². The Morgan fingerprint density at radius 3 is 2.63 bits per heavy atom. The lowest BCUT2D eigenvalue weighted by molar-refractivity contribution is 0.414. The van der Waals surface area contributed by atoms with Crippen molar-refractivity contribution in [1.29, 1.82) is 0 Å². The molecule has 6 heteroatoms. The Bertz CT molecular complexity index is 914. The van der Waals surface area contributed by atoms with Crippen LogP contribution in [0.1, 0.15) is 11.4 Å². The molecule has 0 fully saturated rings. The average molecular weight is 365 g/mol. The predicted octanol–water partition coefficient (Wildman–Crippen LogP) is 3.06. The van der Waals surface area contributed by atoms with E-state index >= 15 is 0 Å². The molecule has 0 spiro atoms. The highest BCUT2D eigenvalue weighted by atomic mass is 16.5. The highest BCUT2D eigenvalue weighted by molar-refractivity contribution is 5.79. The molecule has 3 aromatic rings. The molecule has 1 aromatic heterocycles. The minimum atomic E-state index is 0.775. The minimum absolute atomic E-state index is 0.775. The van der Waals surface area contributed by atoms with Crippen molar-refractivity contribution in [3.8, 4) is 5.75 Å². The van der Waals surface area contributed by atoms with Gasteiger partial charge in [0.25, 0.3) is 0 Å². The van der Waals surface area contributed by atoms with E-state index in [1.807, 2.05) is 45.3 Å². The van der Waals surface area contributed by atoms with Gasteiger partial charge in [-0.15, -0.1) is 0 Å². The van der Waals surface area contributed by atoms with Crippen molar-refractivity contribution in [2.24, 2.45) is 4.99 Å². The van der Waals surface area contributed by atoms with Gasteiger partial charge in [-0.3, -0.25) is 4.99 Å². The van der Waals surface area contributed by atoms with Crippen LogP contribution in [0.25, 0.3) is 11.0 Å². The number of rotatable bonds is 6. The van der Waals surface area contributed by atoms with Gasteiger partial charge in [-0.05, 0) is 36.8 Å². The Balaban J connectivity index is 1.58. The first-order valence-electron chi connectivity index (χ1n) is 9.09. The Morgan fingerprint density at radius 2 is 1.93 bits per heavy atom. The first kappa shape index (κ1) is 18.8. The summed E-state index contributed by atoms with van der Waals surface area (Å²) >= 11 is 0. The number of hydrogen-bond donors (Lipinski definition) is 1. The van der Waals surface area contributed by atoms with E-state index in [1.54, 1.807) is 7.11 Å². The number of aryl methyl sites for hydroxylation is 1. The normalized spacial score (nSPS) is 11.6. The summed E-state index contributed by atoms with van der Waals surface area (Å²) < 4.78 is 7.45. The number of hydrogen-bond acceptors (Lipinski definition) is 3. The summed E-state index contributed by atoms with van der Waals surface area (Å²) in [5.74, 6) is 2.76. The van der Waals surface area contributed by atoms with Crippen LogP contribution in [-0.2, 0) is 13.1 Å². The Labute approximate surface area is 160 Å². The van der Waals surface area contributed by atoms with Gasteiger partial charge in [-0.2, -0.15) is 0 Å². The summed E-state index contributed by atoms with van der Waals surface area (Å²) in [6.07, 6.45) is 0. The molecule has 3 rings (SSSR count). The molecule has 1 N–H and O–H groups in total. The summed E-state index contributed by atoms with van der Waals surface area (Å²) in [5.41, 5.74) is 3.41. The molecular weight excluding hydrogens is 338 g/mol. The SMILES string of the molecule is CN=C(NCCn1c(C)nc2ccccc21)N(C)Cc1ccc(OC)cc1. The minimum Gasteiger partial charge on any atom is -0.497 e. The Morgan fingerprint density at radius 1 is 1.19 bits per heavy atom. The first-order valence-corrected chi connectivity index (χ1v) is 9.09. The number of nitrogens with one attached hydrogen (secondary N) is 1. The second kappa shape index (κ2) is 8.58. The van der Waals surface area contributed by atoms with Gasteiger partial charge in [0.15, 0.2) is 5.96 Å². The first-order chi connectivity index (χ1) is 13.1. The van der Waals surface area contributed by atoms with E-state index in [4.69, 9.17) is 4.74 Å². The molecule has 2 aromatic carbocycles. The maximum atomic E-state index is 5.21. The Hall–Kier alpha value is -3.02. The van der Waals surface area contributed by atoms with E-state index in [1.165, 1.54) is 11.1 Å². The van der Waals surface area contributed by atoms with Crippen molar-refractivity contribution in [1.82, 2.24) is 19.8 Å². The number of imidazole rings is 1. The van der Waals surface area contributed by atoms with Crippen LogP contribution in [0.4, 0.5) is 0 Å². The van der Waals surface area contributed by atoms with Crippen molar-refractivity contribution in [3.05, 3.63) is 59.9 Å². The molecule has 0 saturated heterocycles. The molecule has 0 atom stereocenters. The number of nitrogens with zero attached hydrogens (tertiary/aromatic N) is 4. The Kier molecular flexibility index (Phi) is 5.96. The van der Waals surface area contributed by atoms with Gasteiger partial charge >= 0.3 is 0 Å². The molecule has 142 valence electrons. The van der Waals surface area contributed by atoms with E-state index in [-0.39, 0.29) is 0 Å². The molecule has 27 heavy (non-hydrogen) atoms. The van der Waals surface area contributed by atoms with E-state index in [2.05, 4.69) is 49.0 Å². The van der Waals surface area contributed by atoms with Crippen LogP contribution >= 0.6 is 0 Å². The summed E-state index contributed by atoms with van der Waals surface area (Å²) in [6, 6.07) is 16.3. The lowest BCUT2D eigenvalue weighted by Gasteiger charge is -2.22. The quantitative estimate of drug-likeness (QED) is 0.539. The van der Waals surface area contributed by atoms with Gasteiger partial charge in [0.2, 0.25) is 0 Å². The zero-order chi connectivity index (χ0) is 19.2. The summed E-state index contributed by atoms with van der Waals surface area (Å²) in [7, 11) is 5.53. The highest BCUT2D eigenvalue weighted by Gasteiger charge is 2.09. The fourth-order valence-electron chi connectivity index (χ4n) is 3.22. The molecule has 0 unspecified atom stereocenters. The van der Waals surface area contributed by atoms with Gasteiger partial charge in [-0.1, -0.05) is 24.3 Å². The number of para-hydroxylation sites is 2. The molecule has 6 nitrogen and oxygen atoms in total. The van der Waals surface area contributed by atoms with E-state index < -0.39 is 0 Å². The summed E-state index contributed by atoms with van der Waals surface area (Å²) in [5, 5.41) is 3.44. The number of methoxy groups -OCH3 is 1. The van der Waals surface area contributed by atoms with Crippen LogP contribution < -0.4 is 10.1 Å². The highest BCUT2D eigenvalue weighted by Crippen LogP contribution is 2.15.